The Morgan fingerprint density at radius 1 is 1.06 bits per heavy atom. The summed E-state index contributed by atoms with van der Waals surface area (Å²) in [5.74, 6) is -0.955. The lowest BCUT2D eigenvalue weighted by atomic mass is 10.1. The molecule has 0 radical (unpaired) electrons. The van der Waals surface area contributed by atoms with Crippen LogP contribution in [0.1, 0.15) is 33.5 Å². The third kappa shape index (κ3) is 5.75. The van der Waals surface area contributed by atoms with Gasteiger partial charge in [0.25, 0.3) is 5.91 Å². The molecule has 0 atom stereocenters. The van der Waals surface area contributed by atoms with E-state index in [1.807, 2.05) is 6.07 Å². The van der Waals surface area contributed by atoms with Crippen molar-refractivity contribution in [1.82, 2.24) is 14.8 Å². The molecule has 36 heavy (non-hydrogen) atoms. The highest BCUT2D eigenvalue weighted by Crippen LogP contribution is 2.26. The minimum atomic E-state index is -2.52. The number of carbonyl (C=O) groups excluding carboxylic acids is 2. The number of nitrogens with zero attached hydrogens (tertiary/aromatic N) is 3. The first-order valence-electron chi connectivity index (χ1n) is 11.0. The maximum atomic E-state index is 13.2. The van der Waals surface area contributed by atoms with E-state index in [4.69, 9.17) is 16.3 Å². The number of amides is 1. The summed E-state index contributed by atoms with van der Waals surface area (Å²) >= 11 is 6.32. The maximum Gasteiger partial charge on any atom is 0.358 e. The maximum absolute atomic E-state index is 13.2. The molecule has 10 heteroatoms. The van der Waals surface area contributed by atoms with Gasteiger partial charge in [0.1, 0.15) is 5.82 Å². The fraction of sp³-hybridized carbons (Fsp3) is 0.154. The van der Waals surface area contributed by atoms with Crippen molar-refractivity contribution in [3.8, 4) is 16.9 Å². The topological polar surface area (TPSA) is 86.1 Å². The van der Waals surface area contributed by atoms with Crippen molar-refractivity contribution in [3.63, 3.8) is 0 Å². The Hall–Kier alpha value is -4.11. The van der Waals surface area contributed by atoms with Gasteiger partial charge < -0.3 is 10.1 Å². The van der Waals surface area contributed by atoms with Gasteiger partial charge in [0.15, 0.2) is 5.69 Å². The van der Waals surface area contributed by atoms with Crippen molar-refractivity contribution >= 4 is 29.3 Å². The van der Waals surface area contributed by atoms with Crippen molar-refractivity contribution in [2.45, 2.75) is 19.8 Å². The Kier molecular flexibility index (Phi) is 7.70. The van der Waals surface area contributed by atoms with E-state index in [0.717, 1.165) is 0 Å². The molecule has 184 valence electrons. The predicted molar refractivity (Wildman–Crippen MR) is 132 cm³/mol. The average Bonchev–Trinajstić information content (AvgIpc) is 3.28. The van der Waals surface area contributed by atoms with Gasteiger partial charge in [0.05, 0.1) is 35.0 Å². The third-order valence-corrected chi connectivity index (χ3v) is 5.44. The van der Waals surface area contributed by atoms with Crippen molar-refractivity contribution in [1.29, 1.82) is 0 Å². The second kappa shape index (κ2) is 11.1. The number of pyridine rings is 1. The quantitative estimate of drug-likeness (QED) is 0.302. The first-order valence-corrected chi connectivity index (χ1v) is 11.4. The van der Waals surface area contributed by atoms with E-state index < -0.39 is 24.7 Å². The van der Waals surface area contributed by atoms with Gasteiger partial charge in [-0.1, -0.05) is 41.9 Å². The van der Waals surface area contributed by atoms with Crippen LogP contribution in [0.3, 0.4) is 0 Å². The van der Waals surface area contributed by atoms with E-state index in [9.17, 15) is 18.4 Å². The summed E-state index contributed by atoms with van der Waals surface area (Å²) in [6.07, 6.45) is -2.99. The molecule has 1 N–H and O–H groups in total. The molecular weight excluding hydrogens is 490 g/mol. The molecule has 2 heterocycles. The van der Waals surface area contributed by atoms with Gasteiger partial charge in [-0.2, -0.15) is 5.10 Å². The largest absolute Gasteiger partial charge is 0.461 e. The Labute approximate surface area is 210 Å². The molecule has 0 saturated heterocycles. The van der Waals surface area contributed by atoms with Gasteiger partial charge in [-0.15, -0.1) is 0 Å². The number of para-hydroxylation sites is 1. The van der Waals surface area contributed by atoms with Crippen LogP contribution in [0.4, 0.5) is 14.6 Å². The average molecular weight is 511 g/mol. The molecule has 0 fully saturated rings. The fourth-order valence-corrected chi connectivity index (χ4v) is 3.70. The highest BCUT2D eigenvalue weighted by atomic mass is 35.5. The van der Waals surface area contributed by atoms with E-state index >= 15 is 0 Å². The van der Waals surface area contributed by atoms with Crippen molar-refractivity contribution in [2.75, 3.05) is 11.9 Å². The van der Waals surface area contributed by atoms with E-state index in [1.165, 1.54) is 28.9 Å². The van der Waals surface area contributed by atoms with Crippen LogP contribution in [0.2, 0.25) is 5.02 Å². The highest BCUT2D eigenvalue weighted by molar-refractivity contribution is 6.34. The zero-order valence-electron chi connectivity index (χ0n) is 19.1. The van der Waals surface area contributed by atoms with Gasteiger partial charge in [0.2, 0.25) is 6.43 Å². The lowest BCUT2D eigenvalue weighted by Gasteiger charge is -2.11. The van der Waals surface area contributed by atoms with Crippen molar-refractivity contribution in [2.24, 2.45) is 0 Å². The minimum Gasteiger partial charge on any atom is -0.461 e. The Morgan fingerprint density at radius 3 is 2.56 bits per heavy atom. The number of alkyl halides is 2. The molecule has 2 aromatic heterocycles. The molecule has 0 aliphatic heterocycles. The number of nitrogens with one attached hydrogen (secondary N) is 1. The summed E-state index contributed by atoms with van der Waals surface area (Å²) in [5.41, 5.74) is 1.97. The number of halogens is 3. The SMILES string of the molecule is CCOC(=O)c1cc(NC(=O)c2cc(-c3cccc(CC(F)F)n3)ccc2Cl)n(-c2ccccc2)n1. The highest BCUT2D eigenvalue weighted by Gasteiger charge is 2.20. The van der Waals surface area contributed by atoms with Gasteiger partial charge >= 0.3 is 5.97 Å². The molecule has 0 bridgehead atoms. The van der Waals surface area contributed by atoms with Crippen LogP contribution in [0.15, 0.2) is 72.8 Å². The number of carbonyl (C=O) groups is 2. The number of hydrogen-bond donors (Lipinski definition) is 1. The number of hydrogen-bond acceptors (Lipinski definition) is 5. The second-order valence-electron chi connectivity index (χ2n) is 7.64. The Bertz CT molecular complexity index is 1390. The number of ether oxygens (including phenoxy) is 1. The molecule has 0 aliphatic carbocycles. The zero-order valence-corrected chi connectivity index (χ0v) is 19.9. The molecule has 0 aliphatic rings. The standard InChI is InChI=1S/C26H21ClF2N4O3/c1-2-36-26(35)22-15-24(33(32-22)18-8-4-3-5-9-18)31-25(34)19-13-16(11-12-20(19)27)21-10-6-7-17(30-21)14-23(28)29/h3-13,15,23H,2,14H2,1H3,(H,31,34). The molecule has 0 saturated carbocycles. The smallest absolute Gasteiger partial charge is 0.358 e. The lowest BCUT2D eigenvalue weighted by molar-refractivity contribution is 0.0518. The summed E-state index contributed by atoms with van der Waals surface area (Å²) in [6, 6.07) is 19.9. The molecule has 4 rings (SSSR count). The van der Waals surface area contributed by atoms with Gasteiger partial charge in [-0.3, -0.25) is 9.78 Å². The van der Waals surface area contributed by atoms with Crippen molar-refractivity contribution < 1.29 is 23.1 Å². The number of aromatic nitrogens is 3. The van der Waals surface area contributed by atoms with Crippen LogP contribution in [0.25, 0.3) is 16.9 Å². The van der Waals surface area contributed by atoms with E-state index in [1.54, 1.807) is 49.4 Å². The summed E-state index contributed by atoms with van der Waals surface area (Å²) < 4.78 is 32.0. The normalized spacial score (nSPS) is 10.9. The second-order valence-corrected chi connectivity index (χ2v) is 8.05. The summed E-state index contributed by atoms with van der Waals surface area (Å²) in [7, 11) is 0. The monoisotopic (exact) mass is 510 g/mol. The van der Waals surface area contributed by atoms with E-state index in [0.29, 0.717) is 16.9 Å². The Balaban J connectivity index is 1.67. The molecule has 0 spiro atoms. The van der Waals surface area contributed by atoms with E-state index in [-0.39, 0.29) is 34.4 Å². The lowest BCUT2D eigenvalue weighted by Crippen LogP contribution is -2.15. The van der Waals surface area contributed by atoms with Crippen LogP contribution in [0, 0.1) is 0 Å². The molecule has 0 unspecified atom stereocenters. The van der Waals surface area contributed by atoms with Crippen LogP contribution in [-0.4, -0.2) is 39.7 Å². The molecule has 1 amide bonds. The molecule has 2 aromatic carbocycles. The Morgan fingerprint density at radius 2 is 1.83 bits per heavy atom. The van der Waals surface area contributed by atoms with Crippen LogP contribution in [0.5, 0.6) is 0 Å². The number of rotatable bonds is 8. The number of esters is 1. The summed E-state index contributed by atoms with van der Waals surface area (Å²) in [6.45, 7) is 1.86. The van der Waals surface area contributed by atoms with Gasteiger partial charge in [-0.25, -0.2) is 18.3 Å². The van der Waals surface area contributed by atoms with Crippen LogP contribution >= 0.6 is 11.6 Å². The first-order chi connectivity index (χ1) is 17.4. The molecule has 4 aromatic rings. The van der Waals surface area contributed by atoms with Crippen LogP contribution in [-0.2, 0) is 11.2 Å². The van der Waals surface area contributed by atoms with Crippen molar-refractivity contribution in [3.05, 3.63) is 94.8 Å². The summed E-state index contributed by atoms with van der Waals surface area (Å²) in [5, 5.41) is 7.22. The van der Waals surface area contributed by atoms with Gasteiger partial charge in [0, 0.05) is 17.3 Å². The predicted octanol–water partition coefficient (Wildman–Crippen LogP) is 5.82. The zero-order chi connectivity index (χ0) is 25.7. The third-order valence-electron chi connectivity index (χ3n) is 5.11. The molecule has 7 nitrogen and oxygen atoms in total. The van der Waals surface area contributed by atoms with E-state index in [2.05, 4.69) is 15.4 Å². The number of anilines is 1. The fourth-order valence-electron chi connectivity index (χ4n) is 3.50. The first kappa shape index (κ1) is 25.0. The minimum absolute atomic E-state index is 0.0240. The summed E-state index contributed by atoms with van der Waals surface area (Å²) in [4.78, 5) is 29.8. The van der Waals surface area contributed by atoms with Gasteiger partial charge in [-0.05, 0) is 43.3 Å². The van der Waals surface area contributed by atoms with Crippen LogP contribution < -0.4 is 5.32 Å². The molecular formula is C26H21ClF2N4O3. The number of benzene rings is 2.